The van der Waals surface area contributed by atoms with Gasteiger partial charge in [-0.25, -0.2) is 4.98 Å². The lowest BCUT2D eigenvalue weighted by Crippen LogP contribution is -2.03. The molecule has 0 unspecified atom stereocenters. The first-order chi connectivity index (χ1) is 16.3. The fraction of sp³-hybridized carbons (Fsp3) is 0.0667. The first-order valence-corrected chi connectivity index (χ1v) is 11.3. The van der Waals surface area contributed by atoms with E-state index in [1.54, 1.807) is 0 Å². The standard InChI is InChI=1S/C30H23N3/c1-2-29-32-25-14-6-8-17-28(25)33(29)27-16-7-5-13-23(27)24-19-18-21-11-3-4-12-22(21)30(24)26-15-9-10-20-31-26/h3-20H,2H2,1H3. The van der Waals surface area contributed by atoms with Crippen molar-refractivity contribution in [2.75, 3.05) is 0 Å². The number of hydrogen-bond acceptors (Lipinski definition) is 2. The van der Waals surface area contributed by atoms with Crippen molar-refractivity contribution in [1.82, 2.24) is 14.5 Å². The zero-order chi connectivity index (χ0) is 22.2. The van der Waals surface area contributed by atoms with Crippen LogP contribution in [0.5, 0.6) is 0 Å². The number of hydrogen-bond donors (Lipinski definition) is 0. The lowest BCUT2D eigenvalue weighted by atomic mass is 9.91. The van der Waals surface area contributed by atoms with E-state index in [0.29, 0.717) is 0 Å². The van der Waals surface area contributed by atoms with Crippen LogP contribution in [0.4, 0.5) is 0 Å². The Balaban J connectivity index is 1.70. The second kappa shape index (κ2) is 8.03. The van der Waals surface area contributed by atoms with E-state index in [1.807, 2.05) is 18.3 Å². The zero-order valence-electron chi connectivity index (χ0n) is 18.4. The molecule has 0 aliphatic carbocycles. The molecular weight excluding hydrogens is 402 g/mol. The number of aryl methyl sites for hydroxylation is 1. The number of rotatable bonds is 4. The molecule has 0 radical (unpaired) electrons. The minimum Gasteiger partial charge on any atom is -0.296 e. The fourth-order valence-electron chi connectivity index (χ4n) is 4.76. The lowest BCUT2D eigenvalue weighted by molar-refractivity contribution is 0.909. The van der Waals surface area contributed by atoms with Crippen LogP contribution < -0.4 is 0 Å². The number of benzene rings is 4. The molecule has 2 aromatic heterocycles. The Morgan fingerprint density at radius 3 is 2.36 bits per heavy atom. The zero-order valence-corrected chi connectivity index (χ0v) is 18.4. The van der Waals surface area contributed by atoms with Gasteiger partial charge in [0.1, 0.15) is 5.82 Å². The van der Waals surface area contributed by atoms with Gasteiger partial charge < -0.3 is 0 Å². The highest BCUT2D eigenvalue weighted by molar-refractivity contribution is 6.04. The van der Waals surface area contributed by atoms with Crippen LogP contribution in [0.2, 0.25) is 0 Å². The van der Waals surface area contributed by atoms with E-state index < -0.39 is 0 Å². The van der Waals surface area contributed by atoms with Crippen LogP contribution in [0.25, 0.3) is 49.9 Å². The highest BCUT2D eigenvalue weighted by atomic mass is 15.1. The molecule has 0 aliphatic rings. The summed E-state index contributed by atoms with van der Waals surface area (Å²) in [5.41, 5.74) is 7.75. The average Bonchev–Trinajstić information content (AvgIpc) is 3.27. The monoisotopic (exact) mass is 425 g/mol. The number of para-hydroxylation sites is 3. The number of aromatic nitrogens is 3. The molecule has 0 aliphatic heterocycles. The number of nitrogens with zero attached hydrogens (tertiary/aromatic N) is 3. The molecule has 2 heterocycles. The van der Waals surface area contributed by atoms with E-state index >= 15 is 0 Å². The summed E-state index contributed by atoms with van der Waals surface area (Å²) in [5.74, 6) is 1.06. The summed E-state index contributed by atoms with van der Waals surface area (Å²) in [4.78, 5) is 9.67. The first-order valence-electron chi connectivity index (χ1n) is 11.3. The highest BCUT2D eigenvalue weighted by Gasteiger charge is 2.18. The van der Waals surface area contributed by atoms with E-state index in [1.165, 1.54) is 21.9 Å². The van der Waals surface area contributed by atoms with Gasteiger partial charge in [0.15, 0.2) is 0 Å². The molecule has 0 bridgehead atoms. The maximum absolute atomic E-state index is 4.92. The summed E-state index contributed by atoms with van der Waals surface area (Å²) >= 11 is 0. The second-order valence-electron chi connectivity index (χ2n) is 8.15. The van der Waals surface area contributed by atoms with Crippen LogP contribution in [0.1, 0.15) is 12.7 Å². The minimum absolute atomic E-state index is 0.855. The molecule has 3 nitrogen and oxygen atoms in total. The average molecular weight is 426 g/mol. The van der Waals surface area contributed by atoms with Crippen LogP contribution in [0, 0.1) is 0 Å². The molecule has 0 N–H and O–H groups in total. The summed E-state index contributed by atoms with van der Waals surface area (Å²) in [5, 5.41) is 2.41. The third-order valence-electron chi connectivity index (χ3n) is 6.23. The highest BCUT2D eigenvalue weighted by Crippen LogP contribution is 2.40. The van der Waals surface area contributed by atoms with Gasteiger partial charge in [0.2, 0.25) is 0 Å². The van der Waals surface area contributed by atoms with Crippen molar-refractivity contribution in [3.05, 3.63) is 115 Å². The van der Waals surface area contributed by atoms with Crippen molar-refractivity contribution in [3.8, 4) is 28.1 Å². The van der Waals surface area contributed by atoms with Crippen molar-refractivity contribution in [2.45, 2.75) is 13.3 Å². The molecule has 0 atom stereocenters. The van der Waals surface area contributed by atoms with Gasteiger partial charge in [-0.3, -0.25) is 9.55 Å². The molecule has 158 valence electrons. The Morgan fingerprint density at radius 2 is 1.48 bits per heavy atom. The summed E-state index contributed by atoms with van der Waals surface area (Å²) in [6.07, 6.45) is 2.72. The van der Waals surface area contributed by atoms with Gasteiger partial charge in [0, 0.05) is 23.7 Å². The van der Waals surface area contributed by atoms with Crippen LogP contribution in [-0.2, 0) is 6.42 Å². The molecule has 0 fully saturated rings. The van der Waals surface area contributed by atoms with E-state index in [4.69, 9.17) is 9.97 Å². The van der Waals surface area contributed by atoms with Crippen molar-refractivity contribution in [1.29, 1.82) is 0 Å². The largest absolute Gasteiger partial charge is 0.296 e. The van der Waals surface area contributed by atoms with Gasteiger partial charge in [-0.15, -0.1) is 0 Å². The van der Waals surface area contributed by atoms with Crippen molar-refractivity contribution in [3.63, 3.8) is 0 Å². The Kier molecular flexibility index (Phi) is 4.73. The number of imidazole rings is 1. The third kappa shape index (κ3) is 3.21. The Hall–Kier alpha value is -4.24. The predicted octanol–water partition coefficient (Wildman–Crippen LogP) is 7.47. The van der Waals surface area contributed by atoms with Crippen molar-refractivity contribution in [2.24, 2.45) is 0 Å². The molecule has 0 amide bonds. The Labute approximate surface area is 193 Å². The fourth-order valence-corrected chi connectivity index (χ4v) is 4.76. The third-order valence-corrected chi connectivity index (χ3v) is 6.23. The number of fused-ring (bicyclic) bond motifs is 2. The van der Waals surface area contributed by atoms with Crippen LogP contribution in [0.3, 0.4) is 0 Å². The van der Waals surface area contributed by atoms with Gasteiger partial charge in [-0.05, 0) is 46.7 Å². The smallest absolute Gasteiger partial charge is 0.114 e. The predicted molar refractivity (Wildman–Crippen MR) is 137 cm³/mol. The molecule has 6 aromatic rings. The maximum atomic E-state index is 4.92. The Bertz CT molecular complexity index is 1600. The topological polar surface area (TPSA) is 30.7 Å². The van der Waals surface area contributed by atoms with Gasteiger partial charge in [-0.2, -0.15) is 0 Å². The van der Waals surface area contributed by atoms with Gasteiger partial charge in [-0.1, -0.05) is 79.7 Å². The van der Waals surface area contributed by atoms with Crippen molar-refractivity contribution < 1.29 is 0 Å². The van der Waals surface area contributed by atoms with Gasteiger partial charge in [0.05, 0.1) is 22.4 Å². The number of pyridine rings is 1. The molecule has 3 heteroatoms. The van der Waals surface area contributed by atoms with Gasteiger partial charge in [0.25, 0.3) is 0 Å². The Morgan fingerprint density at radius 1 is 0.697 bits per heavy atom. The molecule has 0 saturated carbocycles. The van der Waals surface area contributed by atoms with Crippen LogP contribution in [-0.4, -0.2) is 14.5 Å². The summed E-state index contributed by atoms with van der Waals surface area (Å²) < 4.78 is 2.31. The summed E-state index contributed by atoms with van der Waals surface area (Å²) in [7, 11) is 0. The summed E-state index contributed by atoms with van der Waals surface area (Å²) in [6, 6.07) is 36.1. The first kappa shape index (κ1) is 19.4. The molecule has 33 heavy (non-hydrogen) atoms. The molecule has 0 spiro atoms. The van der Waals surface area contributed by atoms with E-state index in [9.17, 15) is 0 Å². The maximum Gasteiger partial charge on any atom is 0.114 e. The van der Waals surface area contributed by atoms with Crippen molar-refractivity contribution >= 4 is 21.8 Å². The van der Waals surface area contributed by atoms with Gasteiger partial charge >= 0.3 is 0 Å². The molecule has 0 saturated heterocycles. The van der Waals surface area contributed by atoms with E-state index in [0.717, 1.165) is 40.2 Å². The molecule has 4 aromatic carbocycles. The SMILES string of the molecule is CCc1nc2ccccc2n1-c1ccccc1-c1ccc2ccccc2c1-c1ccccn1. The second-order valence-corrected chi connectivity index (χ2v) is 8.15. The van der Waals surface area contributed by atoms with Crippen LogP contribution in [0.15, 0.2) is 109 Å². The molecular formula is C30H23N3. The quantitative estimate of drug-likeness (QED) is 0.293. The normalized spacial score (nSPS) is 11.3. The summed E-state index contributed by atoms with van der Waals surface area (Å²) in [6.45, 7) is 2.16. The van der Waals surface area contributed by atoms with E-state index in [-0.39, 0.29) is 0 Å². The van der Waals surface area contributed by atoms with E-state index in [2.05, 4.69) is 102 Å². The van der Waals surface area contributed by atoms with Crippen LogP contribution >= 0.6 is 0 Å². The molecule has 6 rings (SSSR count). The minimum atomic E-state index is 0.855. The lowest BCUT2D eigenvalue weighted by Gasteiger charge is -2.18.